The van der Waals surface area contributed by atoms with Crippen molar-refractivity contribution in [1.29, 1.82) is 0 Å². The number of urea groups is 1. The first-order valence-electron chi connectivity index (χ1n) is 14.1. The summed E-state index contributed by atoms with van der Waals surface area (Å²) in [7, 11) is 1.62. The zero-order chi connectivity index (χ0) is 28.1. The number of nitrogens with zero attached hydrogens (tertiary/aromatic N) is 1. The van der Waals surface area contributed by atoms with Crippen molar-refractivity contribution in [1.82, 2.24) is 4.90 Å². The van der Waals surface area contributed by atoms with Gasteiger partial charge in [0, 0.05) is 36.5 Å². The molecule has 4 aromatic carbocycles. The lowest BCUT2D eigenvalue weighted by Crippen LogP contribution is -2.31. The van der Waals surface area contributed by atoms with Gasteiger partial charge >= 0.3 is 6.03 Å². The Hall–Kier alpha value is -3.48. The molecule has 1 fully saturated rings. The quantitative estimate of drug-likeness (QED) is 0.230. The van der Waals surface area contributed by atoms with Crippen LogP contribution in [0.4, 0.5) is 16.2 Å². The number of fused-ring (bicyclic) bond motifs is 1. The second kappa shape index (κ2) is 12.4. The van der Waals surface area contributed by atoms with Crippen LogP contribution in [0.5, 0.6) is 5.75 Å². The molecule has 2 N–H and O–H groups in total. The predicted octanol–water partition coefficient (Wildman–Crippen LogP) is 8.40. The minimum absolute atomic E-state index is 0.00385. The lowest BCUT2D eigenvalue weighted by molar-refractivity contribution is 0.262. The first-order valence-corrected chi connectivity index (χ1v) is 15.2. The summed E-state index contributed by atoms with van der Waals surface area (Å²) < 4.78 is 5.54. The van der Waals surface area contributed by atoms with E-state index < -0.39 is 0 Å². The van der Waals surface area contributed by atoms with E-state index in [-0.39, 0.29) is 11.4 Å². The molecule has 1 aliphatic rings. The summed E-state index contributed by atoms with van der Waals surface area (Å²) in [6, 6.07) is 26.9. The van der Waals surface area contributed by atoms with Crippen molar-refractivity contribution in [3.63, 3.8) is 0 Å². The second-order valence-corrected chi connectivity index (χ2v) is 12.2. The summed E-state index contributed by atoms with van der Waals surface area (Å²) in [5.74, 6) is 3.08. The summed E-state index contributed by atoms with van der Waals surface area (Å²) in [6.45, 7) is 9.90. The summed E-state index contributed by atoms with van der Waals surface area (Å²) >= 11 is 2.04. The van der Waals surface area contributed by atoms with Gasteiger partial charge in [-0.3, -0.25) is 4.90 Å². The van der Waals surface area contributed by atoms with E-state index in [1.165, 1.54) is 22.6 Å². The standard InChI is InChI=1S/C34H39N3O2S/c1-5-34(2,3)26-14-17-32(39-4)31(22-26)36-33(38)35-30-16-15-27(28-8-6-7-9-29(28)30)25-12-10-24(11-13-25)23-37-18-20-40-21-19-37/h6-17,22H,5,18-21,23H2,1-4H3,(H2,35,36,38). The molecule has 4 aromatic rings. The van der Waals surface area contributed by atoms with Gasteiger partial charge in [-0.2, -0.15) is 11.8 Å². The minimum atomic E-state index is -0.303. The Morgan fingerprint density at radius 1 is 0.900 bits per heavy atom. The number of carbonyl (C=O) groups is 1. The van der Waals surface area contributed by atoms with Gasteiger partial charge in [-0.25, -0.2) is 4.79 Å². The second-order valence-electron chi connectivity index (χ2n) is 11.0. The maximum atomic E-state index is 13.2. The van der Waals surface area contributed by atoms with Crippen molar-refractivity contribution in [2.45, 2.75) is 39.2 Å². The van der Waals surface area contributed by atoms with Gasteiger partial charge in [0.25, 0.3) is 0 Å². The molecular weight excluding hydrogens is 514 g/mol. The molecule has 0 spiro atoms. The first kappa shape index (κ1) is 28.1. The molecule has 6 heteroatoms. The number of benzene rings is 4. The van der Waals surface area contributed by atoms with Crippen LogP contribution in [0.1, 0.15) is 38.3 Å². The summed E-state index contributed by atoms with van der Waals surface area (Å²) in [5, 5.41) is 8.19. The highest BCUT2D eigenvalue weighted by Crippen LogP contribution is 2.35. The molecule has 0 bridgehead atoms. The van der Waals surface area contributed by atoms with E-state index in [0.29, 0.717) is 11.4 Å². The van der Waals surface area contributed by atoms with Crippen LogP contribution < -0.4 is 15.4 Å². The van der Waals surface area contributed by atoms with Crippen LogP contribution >= 0.6 is 11.8 Å². The van der Waals surface area contributed by atoms with Gasteiger partial charge in [0.15, 0.2) is 0 Å². The summed E-state index contributed by atoms with van der Waals surface area (Å²) in [5.41, 5.74) is 6.24. The van der Waals surface area contributed by atoms with Gasteiger partial charge in [-0.15, -0.1) is 0 Å². The average molecular weight is 554 g/mol. The van der Waals surface area contributed by atoms with E-state index in [4.69, 9.17) is 4.74 Å². The van der Waals surface area contributed by atoms with E-state index in [0.717, 1.165) is 53.6 Å². The third kappa shape index (κ3) is 6.29. The Morgan fingerprint density at radius 2 is 1.60 bits per heavy atom. The average Bonchev–Trinajstić information content (AvgIpc) is 2.98. The molecule has 0 unspecified atom stereocenters. The molecular formula is C34H39N3O2S. The van der Waals surface area contributed by atoms with Crippen molar-refractivity contribution >= 4 is 39.9 Å². The van der Waals surface area contributed by atoms with Crippen molar-refractivity contribution in [2.75, 3.05) is 42.3 Å². The minimum Gasteiger partial charge on any atom is -0.495 e. The van der Waals surface area contributed by atoms with Gasteiger partial charge in [0.05, 0.1) is 18.5 Å². The number of carbonyl (C=O) groups excluding carboxylic acids is 1. The topological polar surface area (TPSA) is 53.6 Å². The molecule has 1 aliphatic heterocycles. The van der Waals surface area contributed by atoms with Gasteiger partial charge < -0.3 is 15.4 Å². The van der Waals surface area contributed by atoms with Crippen LogP contribution in [0, 0.1) is 0 Å². The number of thioether (sulfide) groups is 1. The number of nitrogens with one attached hydrogen (secondary N) is 2. The Kier molecular flexibility index (Phi) is 8.67. The number of amides is 2. The number of rotatable bonds is 8. The maximum absolute atomic E-state index is 13.2. The molecule has 0 atom stereocenters. The summed E-state index contributed by atoms with van der Waals surface area (Å²) in [4.78, 5) is 15.7. The highest BCUT2D eigenvalue weighted by molar-refractivity contribution is 7.99. The van der Waals surface area contributed by atoms with E-state index in [1.807, 2.05) is 42.1 Å². The van der Waals surface area contributed by atoms with Gasteiger partial charge in [-0.05, 0) is 57.7 Å². The monoisotopic (exact) mass is 553 g/mol. The third-order valence-electron chi connectivity index (χ3n) is 8.06. The highest BCUT2D eigenvalue weighted by Gasteiger charge is 2.20. The van der Waals surface area contributed by atoms with Crippen LogP contribution in [0.2, 0.25) is 0 Å². The SMILES string of the molecule is CCC(C)(C)c1ccc(OC)c(NC(=O)Nc2ccc(-c3ccc(CN4CCSCC4)cc3)c3ccccc23)c1. The van der Waals surface area contributed by atoms with Gasteiger partial charge in [0.2, 0.25) is 0 Å². The third-order valence-corrected chi connectivity index (χ3v) is 9.00. The number of hydrogen-bond donors (Lipinski definition) is 2. The maximum Gasteiger partial charge on any atom is 0.323 e. The van der Waals surface area contributed by atoms with Gasteiger partial charge in [-0.1, -0.05) is 81.4 Å². The van der Waals surface area contributed by atoms with Crippen LogP contribution in [-0.2, 0) is 12.0 Å². The van der Waals surface area contributed by atoms with Crippen LogP contribution in [-0.4, -0.2) is 42.6 Å². The summed E-state index contributed by atoms with van der Waals surface area (Å²) in [6.07, 6.45) is 0.990. The smallest absolute Gasteiger partial charge is 0.323 e. The van der Waals surface area contributed by atoms with Crippen LogP contribution in [0.25, 0.3) is 21.9 Å². The predicted molar refractivity (Wildman–Crippen MR) is 171 cm³/mol. The number of anilines is 2. The Morgan fingerprint density at radius 3 is 2.30 bits per heavy atom. The molecule has 40 heavy (non-hydrogen) atoms. The fraction of sp³-hybridized carbons (Fsp3) is 0.324. The molecule has 0 saturated carbocycles. The van der Waals surface area contributed by atoms with Crippen molar-refractivity contribution in [2.24, 2.45) is 0 Å². The molecule has 5 nitrogen and oxygen atoms in total. The first-order chi connectivity index (χ1) is 19.4. The van der Waals surface area contributed by atoms with Crippen molar-refractivity contribution in [3.05, 3.63) is 90.0 Å². The van der Waals surface area contributed by atoms with E-state index in [1.54, 1.807) is 7.11 Å². The van der Waals surface area contributed by atoms with Crippen LogP contribution in [0.3, 0.4) is 0 Å². The van der Waals surface area contributed by atoms with Crippen LogP contribution in [0.15, 0.2) is 78.9 Å². The number of hydrogen-bond acceptors (Lipinski definition) is 4. The molecule has 0 aliphatic carbocycles. The fourth-order valence-electron chi connectivity index (χ4n) is 5.17. The van der Waals surface area contributed by atoms with Gasteiger partial charge in [0.1, 0.15) is 5.75 Å². The molecule has 0 aromatic heterocycles. The highest BCUT2D eigenvalue weighted by atomic mass is 32.2. The largest absolute Gasteiger partial charge is 0.495 e. The molecule has 208 valence electrons. The Labute approximate surface area is 242 Å². The fourth-order valence-corrected chi connectivity index (χ4v) is 6.15. The van der Waals surface area contributed by atoms with Crippen molar-refractivity contribution in [3.8, 4) is 16.9 Å². The molecule has 0 radical (unpaired) electrons. The lowest BCUT2D eigenvalue weighted by Gasteiger charge is -2.26. The zero-order valence-electron chi connectivity index (χ0n) is 23.9. The molecule has 1 heterocycles. The van der Waals surface area contributed by atoms with E-state index >= 15 is 0 Å². The Balaban J connectivity index is 1.36. The molecule has 2 amide bonds. The lowest BCUT2D eigenvalue weighted by atomic mass is 9.82. The van der Waals surface area contributed by atoms with E-state index in [2.05, 4.69) is 84.8 Å². The Bertz CT molecular complexity index is 1480. The van der Waals surface area contributed by atoms with E-state index in [9.17, 15) is 4.79 Å². The normalized spacial score (nSPS) is 14.2. The number of ether oxygens (including phenoxy) is 1. The zero-order valence-corrected chi connectivity index (χ0v) is 24.7. The molecule has 5 rings (SSSR count). The van der Waals surface area contributed by atoms with Crippen molar-refractivity contribution < 1.29 is 9.53 Å². The number of methoxy groups -OCH3 is 1. The molecule has 1 saturated heterocycles.